The van der Waals surface area contributed by atoms with Crippen LogP contribution in [0.2, 0.25) is 0 Å². The van der Waals surface area contributed by atoms with E-state index in [4.69, 9.17) is 4.74 Å². The normalized spacial score (nSPS) is 23.1. The second kappa shape index (κ2) is 11.2. The molecule has 5 atom stereocenters. The molecule has 0 radical (unpaired) electrons. The second-order valence-corrected chi connectivity index (χ2v) is 12.4. The average Bonchev–Trinajstić information content (AvgIpc) is 3.16. The predicted molar refractivity (Wildman–Crippen MR) is 145 cm³/mol. The van der Waals surface area contributed by atoms with Crippen LogP contribution in [0.4, 0.5) is 15.3 Å². The molecule has 38 heavy (non-hydrogen) atoms. The van der Waals surface area contributed by atoms with Crippen molar-refractivity contribution in [1.82, 2.24) is 20.9 Å². The summed E-state index contributed by atoms with van der Waals surface area (Å²) < 4.78 is 5.04. The molecule has 1 aromatic rings. The molecule has 2 aliphatic rings. The fourth-order valence-electron chi connectivity index (χ4n) is 5.41. The molecule has 2 fully saturated rings. The highest BCUT2D eigenvalue weighted by molar-refractivity contribution is 5.92. The van der Waals surface area contributed by atoms with Gasteiger partial charge in [0.2, 0.25) is 5.91 Å². The molecular weight excluding hydrogens is 486 g/mol. The Bertz CT molecular complexity index is 1040. The predicted octanol–water partition coefficient (Wildman–Crippen LogP) is 3.20. The minimum Gasteiger partial charge on any atom is -0.467 e. The third-order valence-electron chi connectivity index (χ3n) is 7.96. The van der Waals surface area contributed by atoms with Crippen LogP contribution < -0.4 is 21.3 Å². The highest BCUT2D eigenvalue weighted by atomic mass is 16.5. The van der Waals surface area contributed by atoms with Crippen molar-refractivity contribution in [2.75, 3.05) is 25.5 Å². The summed E-state index contributed by atoms with van der Waals surface area (Å²) >= 11 is 0. The van der Waals surface area contributed by atoms with E-state index in [1.165, 1.54) is 7.11 Å². The molecule has 1 aliphatic carbocycles. The molecule has 5 amide bonds. The maximum atomic E-state index is 13.8. The molecule has 1 aliphatic heterocycles. The number of hydrogen-bond acceptors (Lipinski definition) is 5. The van der Waals surface area contributed by atoms with E-state index in [1.807, 2.05) is 52.8 Å². The van der Waals surface area contributed by atoms with Gasteiger partial charge >= 0.3 is 18.0 Å². The zero-order valence-corrected chi connectivity index (χ0v) is 23.8. The molecule has 0 aromatic heterocycles. The number of piperidine rings is 1. The number of likely N-dealkylation sites (tertiary alicyclic amines) is 1. The molecule has 1 aromatic carbocycles. The highest BCUT2D eigenvalue weighted by Crippen LogP contribution is 2.65. The number of urea groups is 2. The van der Waals surface area contributed by atoms with Crippen molar-refractivity contribution in [3.05, 3.63) is 30.3 Å². The molecule has 0 unspecified atom stereocenters. The van der Waals surface area contributed by atoms with Gasteiger partial charge in [-0.15, -0.1) is 0 Å². The highest BCUT2D eigenvalue weighted by Gasteiger charge is 2.70. The summed E-state index contributed by atoms with van der Waals surface area (Å²) in [6, 6.07) is 6.28. The number of hydrogen-bond donors (Lipinski definition) is 4. The Labute approximate surface area is 225 Å². The Kier molecular flexibility index (Phi) is 8.63. The first-order valence-electron chi connectivity index (χ1n) is 13.2. The van der Waals surface area contributed by atoms with Crippen molar-refractivity contribution in [3.8, 4) is 0 Å². The number of carbonyl (C=O) groups is 4. The van der Waals surface area contributed by atoms with Crippen LogP contribution in [0.25, 0.3) is 0 Å². The Morgan fingerprint density at radius 2 is 1.68 bits per heavy atom. The summed E-state index contributed by atoms with van der Waals surface area (Å²) in [5.41, 5.74) is 0.0251. The molecule has 1 heterocycles. The summed E-state index contributed by atoms with van der Waals surface area (Å²) in [6.45, 7) is 14.4. The number of carbonyl (C=O) groups excluding carboxylic acids is 4. The van der Waals surface area contributed by atoms with Crippen LogP contribution in [0.3, 0.4) is 0 Å². The Morgan fingerprint density at radius 3 is 2.24 bits per heavy atom. The summed E-state index contributed by atoms with van der Waals surface area (Å²) in [7, 11) is 1.33. The van der Waals surface area contributed by atoms with Crippen molar-refractivity contribution in [2.45, 2.75) is 66.6 Å². The molecule has 10 nitrogen and oxygen atoms in total. The van der Waals surface area contributed by atoms with E-state index in [1.54, 1.807) is 17.0 Å². The third-order valence-corrected chi connectivity index (χ3v) is 7.96. The van der Waals surface area contributed by atoms with Gasteiger partial charge in [-0.3, -0.25) is 4.79 Å². The number of nitrogens with one attached hydrogen (secondary N) is 4. The monoisotopic (exact) mass is 529 g/mol. The Morgan fingerprint density at radius 1 is 1.05 bits per heavy atom. The molecule has 1 saturated heterocycles. The molecule has 3 rings (SSSR count). The SMILES string of the molecule is COC(=O)[C@@H]1[C@@H]2[C@H](CN1C(=O)[C@@H](NC(=O)N[C@H](CNC(=O)Nc1ccccc1)C(C)C)C(C)(C)C)C2(C)C. The van der Waals surface area contributed by atoms with E-state index < -0.39 is 29.5 Å². The number of rotatable bonds is 8. The van der Waals surface area contributed by atoms with Crippen molar-refractivity contribution >= 4 is 29.6 Å². The van der Waals surface area contributed by atoms with Gasteiger partial charge in [0.05, 0.1) is 13.2 Å². The molecule has 0 bridgehead atoms. The van der Waals surface area contributed by atoms with Crippen molar-refractivity contribution < 1.29 is 23.9 Å². The lowest BCUT2D eigenvalue weighted by Crippen LogP contribution is -2.61. The van der Waals surface area contributed by atoms with Gasteiger partial charge < -0.3 is 30.9 Å². The van der Waals surface area contributed by atoms with Crippen LogP contribution in [0.5, 0.6) is 0 Å². The van der Waals surface area contributed by atoms with Crippen LogP contribution in [-0.2, 0) is 14.3 Å². The van der Waals surface area contributed by atoms with Gasteiger partial charge in [0.15, 0.2) is 0 Å². The smallest absolute Gasteiger partial charge is 0.328 e. The Hall–Kier alpha value is -3.30. The van der Waals surface area contributed by atoms with Crippen molar-refractivity contribution in [1.29, 1.82) is 0 Å². The number of fused-ring (bicyclic) bond motifs is 1. The lowest BCUT2D eigenvalue weighted by Gasteiger charge is -2.37. The van der Waals surface area contributed by atoms with Gasteiger partial charge in [0.25, 0.3) is 0 Å². The van der Waals surface area contributed by atoms with Gasteiger partial charge in [0.1, 0.15) is 12.1 Å². The number of amides is 5. The van der Waals surface area contributed by atoms with E-state index in [0.717, 1.165) is 0 Å². The average molecular weight is 530 g/mol. The third kappa shape index (κ3) is 6.39. The number of para-hydroxylation sites is 1. The summed E-state index contributed by atoms with van der Waals surface area (Å²) in [4.78, 5) is 53.4. The molecule has 4 N–H and O–H groups in total. The quantitative estimate of drug-likeness (QED) is 0.385. The minimum absolute atomic E-state index is 0.0122. The lowest BCUT2D eigenvalue weighted by atomic mass is 9.85. The van der Waals surface area contributed by atoms with Gasteiger partial charge in [-0.1, -0.05) is 66.7 Å². The lowest BCUT2D eigenvalue weighted by molar-refractivity contribution is -0.154. The van der Waals surface area contributed by atoms with E-state index in [-0.39, 0.29) is 47.7 Å². The number of anilines is 1. The molecule has 10 heteroatoms. The van der Waals surface area contributed by atoms with E-state index >= 15 is 0 Å². The first kappa shape index (κ1) is 29.3. The van der Waals surface area contributed by atoms with Gasteiger partial charge in [-0.2, -0.15) is 0 Å². The van der Waals surface area contributed by atoms with Gasteiger partial charge in [-0.25, -0.2) is 14.4 Å². The fraction of sp³-hybridized carbons (Fsp3) is 0.643. The largest absolute Gasteiger partial charge is 0.467 e. The fourth-order valence-corrected chi connectivity index (χ4v) is 5.41. The van der Waals surface area contributed by atoms with E-state index in [0.29, 0.717) is 12.2 Å². The van der Waals surface area contributed by atoms with E-state index in [2.05, 4.69) is 35.1 Å². The van der Waals surface area contributed by atoms with Gasteiger partial charge in [0, 0.05) is 24.7 Å². The first-order valence-corrected chi connectivity index (χ1v) is 13.2. The standard InChI is InChI=1S/C28H43N5O5/c1-16(2)19(14-29-25(36)30-17-12-10-9-11-13-17)31-26(37)32-22(27(3,4)5)23(34)33-15-18-20(28(18,6)7)21(33)24(35)38-8/h9-13,16,18-22H,14-15H2,1-8H3,(H2,29,30,36)(H2,31,32,37)/t18-,19+,20-,21-,22+/m0/s1. The zero-order valence-electron chi connectivity index (χ0n) is 23.8. The zero-order chi connectivity index (χ0) is 28.4. The van der Waals surface area contributed by atoms with Crippen LogP contribution in [-0.4, -0.2) is 67.2 Å². The number of methoxy groups -OCH3 is 1. The maximum Gasteiger partial charge on any atom is 0.328 e. The molecule has 0 spiro atoms. The van der Waals surface area contributed by atoms with E-state index in [9.17, 15) is 19.2 Å². The van der Waals surface area contributed by atoms with Crippen LogP contribution in [0.15, 0.2) is 30.3 Å². The molecule has 210 valence electrons. The topological polar surface area (TPSA) is 129 Å². The van der Waals surface area contributed by atoms with Crippen molar-refractivity contribution in [3.63, 3.8) is 0 Å². The van der Waals surface area contributed by atoms with Crippen LogP contribution in [0.1, 0.15) is 48.5 Å². The number of benzene rings is 1. The minimum atomic E-state index is -0.864. The number of ether oxygens (including phenoxy) is 1. The van der Waals surface area contributed by atoms with Crippen LogP contribution in [0, 0.1) is 28.6 Å². The number of nitrogens with zero attached hydrogens (tertiary/aromatic N) is 1. The van der Waals surface area contributed by atoms with Gasteiger partial charge in [-0.05, 0) is 34.8 Å². The maximum absolute atomic E-state index is 13.8. The second-order valence-electron chi connectivity index (χ2n) is 12.4. The van der Waals surface area contributed by atoms with Crippen LogP contribution >= 0.6 is 0 Å². The molecular formula is C28H43N5O5. The van der Waals surface area contributed by atoms with Crippen molar-refractivity contribution in [2.24, 2.45) is 28.6 Å². The molecule has 1 saturated carbocycles. The summed E-state index contributed by atoms with van der Waals surface area (Å²) in [6.07, 6.45) is 0. The summed E-state index contributed by atoms with van der Waals surface area (Å²) in [5, 5.41) is 11.3. The first-order chi connectivity index (χ1) is 17.7. The Balaban J connectivity index is 1.64. The summed E-state index contributed by atoms with van der Waals surface area (Å²) in [5.74, 6) is -0.436. The number of esters is 1.